The summed E-state index contributed by atoms with van der Waals surface area (Å²) in [7, 11) is 2.05. The highest BCUT2D eigenvalue weighted by Gasteiger charge is 2.08. The Bertz CT molecular complexity index is 471. The Balaban J connectivity index is 2.74. The van der Waals surface area contributed by atoms with Crippen molar-refractivity contribution in [1.82, 2.24) is 4.57 Å². The van der Waals surface area contributed by atoms with Gasteiger partial charge in [-0.15, -0.1) is 0 Å². The lowest BCUT2D eigenvalue weighted by Crippen LogP contribution is -2.09. The molecule has 74 valence electrons. The molecule has 0 radical (unpaired) electrons. The quantitative estimate of drug-likeness (QED) is 0.832. The number of aryl methyl sites for hydroxylation is 1. The van der Waals surface area contributed by atoms with Gasteiger partial charge >= 0.3 is 0 Å². The van der Waals surface area contributed by atoms with Gasteiger partial charge in [0.1, 0.15) is 0 Å². The number of halogens is 1. The molecular weight excluding hydrogens is 240 g/mol. The fraction of sp³-hybridized carbons (Fsp3) is 0.273. The van der Waals surface area contributed by atoms with Crippen molar-refractivity contribution in [2.45, 2.75) is 13.0 Å². The van der Waals surface area contributed by atoms with Gasteiger partial charge in [0, 0.05) is 28.8 Å². The zero-order chi connectivity index (χ0) is 10.3. The molecule has 0 saturated carbocycles. The zero-order valence-corrected chi connectivity index (χ0v) is 9.88. The lowest BCUT2D eigenvalue weighted by atomic mass is 10.2. The summed E-state index contributed by atoms with van der Waals surface area (Å²) < 4.78 is 3.24. The highest BCUT2D eigenvalue weighted by Crippen LogP contribution is 2.25. The van der Waals surface area contributed by atoms with Gasteiger partial charge in [-0.3, -0.25) is 0 Å². The third-order valence-electron chi connectivity index (χ3n) is 2.51. The minimum absolute atomic E-state index is 0.0752. The Hall–Kier alpha value is -0.800. The summed E-state index contributed by atoms with van der Waals surface area (Å²) in [5.74, 6) is 0. The van der Waals surface area contributed by atoms with Crippen LogP contribution in [0.25, 0.3) is 10.9 Å². The number of hydrogen-bond donors (Lipinski definition) is 1. The van der Waals surface area contributed by atoms with E-state index in [0.717, 1.165) is 10.2 Å². The van der Waals surface area contributed by atoms with Gasteiger partial charge in [0.2, 0.25) is 0 Å². The van der Waals surface area contributed by atoms with Gasteiger partial charge in [-0.25, -0.2) is 0 Å². The molecule has 2 aromatic rings. The molecule has 14 heavy (non-hydrogen) atoms. The van der Waals surface area contributed by atoms with Crippen molar-refractivity contribution in [1.29, 1.82) is 0 Å². The Morgan fingerprint density at radius 3 is 2.71 bits per heavy atom. The zero-order valence-electron chi connectivity index (χ0n) is 8.29. The summed E-state index contributed by atoms with van der Waals surface area (Å²) in [5.41, 5.74) is 8.26. The second kappa shape index (κ2) is 3.41. The molecule has 0 saturated heterocycles. The molecule has 1 atom stereocenters. The fourth-order valence-electron chi connectivity index (χ4n) is 1.76. The summed E-state index contributed by atoms with van der Waals surface area (Å²) in [5, 5.41) is 1.24. The Kier molecular flexibility index (Phi) is 2.37. The molecule has 0 fully saturated rings. The lowest BCUT2D eigenvalue weighted by molar-refractivity contribution is 0.726. The van der Waals surface area contributed by atoms with Crippen LogP contribution in [0.15, 0.2) is 28.7 Å². The molecule has 3 heteroatoms. The van der Waals surface area contributed by atoms with Gasteiger partial charge < -0.3 is 10.3 Å². The van der Waals surface area contributed by atoms with Crippen LogP contribution < -0.4 is 5.73 Å². The number of rotatable bonds is 1. The van der Waals surface area contributed by atoms with E-state index in [-0.39, 0.29) is 6.04 Å². The van der Waals surface area contributed by atoms with E-state index in [1.165, 1.54) is 10.9 Å². The van der Waals surface area contributed by atoms with Gasteiger partial charge in [-0.2, -0.15) is 0 Å². The van der Waals surface area contributed by atoms with Crippen LogP contribution in [-0.4, -0.2) is 4.57 Å². The third-order valence-corrected chi connectivity index (χ3v) is 3.00. The topological polar surface area (TPSA) is 30.9 Å². The standard InChI is InChI=1S/C11H13BrN2/c1-7(13)10-5-8-3-4-9(12)6-11(8)14(10)2/h3-7H,13H2,1-2H3. The first kappa shape index (κ1) is 9.74. The van der Waals surface area contributed by atoms with E-state index >= 15 is 0 Å². The van der Waals surface area contributed by atoms with Crippen molar-refractivity contribution in [2.24, 2.45) is 12.8 Å². The van der Waals surface area contributed by atoms with Gasteiger partial charge in [0.15, 0.2) is 0 Å². The number of aromatic nitrogens is 1. The van der Waals surface area contributed by atoms with E-state index in [4.69, 9.17) is 5.73 Å². The molecule has 1 aromatic heterocycles. The second-order valence-electron chi connectivity index (χ2n) is 3.62. The van der Waals surface area contributed by atoms with Gasteiger partial charge in [-0.1, -0.05) is 22.0 Å². The highest BCUT2D eigenvalue weighted by atomic mass is 79.9. The summed E-state index contributed by atoms with van der Waals surface area (Å²) in [6.07, 6.45) is 0. The first-order valence-corrected chi connectivity index (χ1v) is 5.39. The molecule has 1 unspecified atom stereocenters. The number of nitrogens with zero attached hydrogens (tertiary/aromatic N) is 1. The maximum absolute atomic E-state index is 5.88. The highest BCUT2D eigenvalue weighted by molar-refractivity contribution is 9.10. The molecule has 2 rings (SSSR count). The summed E-state index contributed by atoms with van der Waals surface area (Å²) in [6, 6.07) is 8.48. The first-order valence-electron chi connectivity index (χ1n) is 4.60. The Morgan fingerprint density at radius 2 is 2.07 bits per heavy atom. The predicted molar refractivity (Wildman–Crippen MR) is 63.2 cm³/mol. The van der Waals surface area contributed by atoms with Crippen LogP contribution in [-0.2, 0) is 7.05 Å². The monoisotopic (exact) mass is 252 g/mol. The maximum atomic E-state index is 5.88. The van der Waals surface area contributed by atoms with Crippen LogP contribution >= 0.6 is 15.9 Å². The van der Waals surface area contributed by atoms with Crippen LogP contribution in [0.5, 0.6) is 0 Å². The predicted octanol–water partition coefficient (Wildman–Crippen LogP) is 2.96. The number of benzene rings is 1. The van der Waals surface area contributed by atoms with Crippen molar-refractivity contribution < 1.29 is 0 Å². The largest absolute Gasteiger partial charge is 0.346 e. The smallest absolute Gasteiger partial charge is 0.0491 e. The molecule has 0 aliphatic heterocycles. The van der Waals surface area contributed by atoms with E-state index in [0.29, 0.717) is 0 Å². The summed E-state index contributed by atoms with van der Waals surface area (Å²) in [6.45, 7) is 2.00. The van der Waals surface area contributed by atoms with Crippen LogP contribution in [0.2, 0.25) is 0 Å². The van der Waals surface area contributed by atoms with Crippen LogP contribution in [0.4, 0.5) is 0 Å². The molecular formula is C11H13BrN2. The molecule has 2 nitrogen and oxygen atoms in total. The average Bonchev–Trinajstić information content (AvgIpc) is 2.44. The van der Waals surface area contributed by atoms with Crippen molar-refractivity contribution >= 4 is 26.8 Å². The first-order chi connectivity index (χ1) is 6.59. The molecule has 0 aliphatic carbocycles. The minimum Gasteiger partial charge on any atom is -0.346 e. The normalized spacial score (nSPS) is 13.4. The van der Waals surface area contributed by atoms with E-state index in [1.54, 1.807) is 0 Å². The lowest BCUT2D eigenvalue weighted by Gasteiger charge is -2.06. The second-order valence-corrected chi connectivity index (χ2v) is 4.54. The van der Waals surface area contributed by atoms with Crippen molar-refractivity contribution in [2.75, 3.05) is 0 Å². The number of nitrogens with two attached hydrogens (primary N) is 1. The van der Waals surface area contributed by atoms with E-state index in [9.17, 15) is 0 Å². The van der Waals surface area contributed by atoms with Gasteiger partial charge in [-0.05, 0) is 30.5 Å². The van der Waals surface area contributed by atoms with E-state index in [1.807, 2.05) is 20.0 Å². The average molecular weight is 253 g/mol. The maximum Gasteiger partial charge on any atom is 0.0491 e. The van der Waals surface area contributed by atoms with Crippen LogP contribution in [0.3, 0.4) is 0 Å². The molecule has 0 amide bonds. The summed E-state index contributed by atoms with van der Waals surface area (Å²) in [4.78, 5) is 0. The van der Waals surface area contributed by atoms with Gasteiger partial charge in [0.05, 0.1) is 0 Å². The molecule has 1 aromatic carbocycles. The molecule has 0 aliphatic rings. The van der Waals surface area contributed by atoms with Crippen LogP contribution in [0.1, 0.15) is 18.7 Å². The summed E-state index contributed by atoms with van der Waals surface area (Å²) >= 11 is 3.47. The van der Waals surface area contributed by atoms with Crippen molar-refractivity contribution in [3.05, 3.63) is 34.4 Å². The molecule has 0 bridgehead atoms. The SMILES string of the molecule is CC(N)c1cc2ccc(Br)cc2n1C. The minimum atomic E-state index is 0.0752. The Labute approximate surface area is 91.8 Å². The van der Waals surface area contributed by atoms with Crippen molar-refractivity contribution in [3.63, 3.8) is 0 Å². The fourth-order valence-corrected chi connectivity index (χ4v) is 2.11. The van der Waals surface area contributed by atoms with Crippen molar-refractivity contribution in [3.8, 4) is 0 Å². The Morgan fingerprint density at radius 1 is 1.36 bits per heavy atom. The molecule has 1 heterocycles. The van der Waals surface area contributed by atoms with E-state index < -0.39 is 0 Å². The van der Waals surface area contributed by atoms with Crippen LogP contribution in [0, 0.1) is 0 Å². The molecule has 2 N–H and O–H groups in total. The number of fused-ring (bicyclic) bond motifs is 1. The van der Waals surface area contributed by atoms with Gasteiger partial charge in [0.25, 0.3) is 0 Å². The van der Waals surface area contributed by atoms with E-state index in [2.05, 4.69) is 38.7 Å². The molecule has 0 spiro atoms. The number of hydrogen-bond acceptors (Lipinski definition) is 1. The third kappa shape index (κ3) is 1.47.